The molecule has 0 fully saturated rings. The van der Waals surface area contributed by atoms with Gasteiger partial charge in [0, 0.05) is 5.71 Å². The second kappa shape index (κ2) is 3.85. The highest BCUT2D eigenvalue weighted by molar-refractivity contribution is 6.10. The highest BCUT2D eigenvalue weighted by Crippen LogP contribution is 2.35. The Bertz CT molecular complexity index is 423. The van der Waals surface area contributed by atoms with Crippen LogP contribution in [0.4, 0.5) is 5.69 Å². The smallest absolute Gasteiger partial charge is 0.319 e. The Morgan fingerprint density at radius 2 is 2.20 bits per heavy atom. The molecular formula is C12H13NO2. The van der Waals surface area contributed by atoms with E-state index in [2.05, 4.69) is 4.99 Å². The van der Waals surface area contributed by atoms with E-state index in [9.17, 15) is 4.79 Å². The number of aliphatic imine (C=N–C) groups is 1. The summed E-state index contributed by atoms with van der Waals surface area (Å²) in [7, 11) is 0. The van der Waals surface area contributed by atoms with Gasteiger partial charge in [0.2, 0.25) is 0 Å². The van der Waals surface area contributed by atoms with Gasteiger partial charge in [-0.25, -0.2) is 0 Å². The molecule has 15 heavy (non-hydrogen) atoms. The van der Waals surface area contributed by atoms with Crippen molar-refractivity contribution in [1.82, 2.24) is 0 Å². The Hall–Kier alpha value is -1.64. The molecule has 78 valence electrons. The zero-order valence-electron chi connectivity index (χ0n) is 8.86. The topological polar surface area (TPSA) is 38.7 Å². The van der Waals surface area contributed by atoms with E-state index in [1.54, 1.807) is 0 Å². The summed E-state index contributed by atoms with van der Waals surface area (Å²) in [5, 5.41) is 0. The first-order valence-electron chi connectivity index (χ1n) is 5.04. The van der Waals surface area contributed by atoms with E-state index in [1.807, 2.05) is 38.1 Å². The van der Waals surface area contributed by atoms with E-state index >= 15 is 0 Å². The van der Waals surface area contributed by atoms with Crippen LogP contribution in [0.5, 0.6) is 0 Å². The standard InChI is InChI=1S/C12H13NO2/c1-3-15-12(14)11-8(2)13-10-7-5-4-6-9(10)11/h4-7,11H,3H2,1-2H3. The molecule has 2 rings (SSSR count). The van der Waals surface area contributed by atoms with Crippen molar-refractivity contribution >= 4 is 17.4 Å². The monoisotopic (exact) mass is 203 g/mol. The first kappa shape index (κ1) is 9.90. The van der Waals surface area contributed by atoms with Gasteiger partial charge in [0.1, 0.15) is 5.92 Å². The minimum atomic E-state index is -0.304. The van der Waals surface area contributed by atoms with Crippen molar-refractivity contribution in [2.45, 2.75) is 19.8 Å². The van der Waals surface area contributed by atoms with Crippen LogP contribution >= 0.6 is 0 Å². The van der Waals surface area contributed by atoms with E-state index < -0.39 is 0 Å². The van der Waals surface area contributed by atoms with E-state index in [0.29, 0.717) is 6.61 Å². The normalized spacial score (nSPS) is 18.3. The van der Waals surface area contributed by atoms with Gasteiger partial charge in [-0.05, 0) is 25.5 Å². The van der Waals surface area contributed by atoms with Gasteiger partial charge >= 0.3 is 5.97 Å². The molecule has 0 aliphatic carbocycles. The number of benzene rings is 1. The Labute approximate surface area is 88.8 Å². The van der Waals surface area contributed by atoms with Crippen LogP contribution in [0.15, 0.2) is 29.3 Å². The molecule has 1 atom stereocenters. The maximum atomic E-state index is 11.7. The molecule has 1 aliphatic rings. The van der Waals surface area contributed by atoms with Gasteiger partial charge in [0.25, 0.3) is 0 Å². The number of nitrogens with zero attached hydrogens (tertiary/aromatic N) is 1. The molecular weight excluding hydrogens is 190 g/mol. The van der Waals surface area contributed by atoms with Gasteiger partial charge in [-0.1, -0.05) is 18.2 Å². The van der Waals surface area contributed by atoms with Crippen molar-refractivity contribution in [3.8, 4) is 0 Å². The molecule has 0 amide bonds. The summed E-state index contributed by atoms with van der Waals surface area (Å²) in [5.41, 5.74) is 2.65. The molecule has 0 aromatic heterocycles. The summed E-state index contributed by atoms with van der Waals surface area (Å²) in [6.07, 6.45) is 0. The third kappa shape index (κ3) is 1.65. The summed E-state index contributed by atoms with van der Waals surface area (Å²) in [6, 6.07) is 7.68. The minimum absolute atomic E-state index is 0.205. The summed E-state index contributed by atoms with van der Waals surface area (Å²) in [4.78, 5) is 16.1. The van der Waals surface area contributed by atoms with Crippen molar-refractivity contribution in [2.24, 2.45) is 4.99 Å². The van der Waals surface area contributed by atoms with Crippen LogP contribution < -0.4 is 0 Å². The molecule has 1 aromatic rings. The van der Waals surface area contributed by atoms with E-state index in [-0.39, 0.29) is 11.9 Å². The van der Waals surface area contributed by atoms with Crippen LogP contribution in [0.3, 0.4) is 0 Å². The highest BCUT2D eigenvalue weighted by atomic mass is 16.5. The number of carbonyl (C=O) groups excluding carboxylic acids is 1. The predicted octanol–water partition coefficient (Wildman–Crippen LogP) is 2.44. The highest BCUT2D eigenvalue weighted by Gasteiger charge is 2.31. The van der Waals surface area contributed by atoms with Crippen LogP contribution in [0.1, 0.15) is 25.3 Å². The number of hydrogen-bond donors (Lipinski definition) is 0. The van der Waals surface area contributed by atoms with Crippen LogP contribution in [0.25, 0.3) is 0 Å². The maximum Gasteiger partial charge on any atom is 0.319 e. The fourth-order valence-electron chi connectivity index (χ4n) is 1.84. The molecule has 0 saturated heterocycles. The van der Waals surface area contributed by atoms with Crippen LogP contribution in [0.2, 0.25) is 0 Å². The molecule has 1 aromatic carbocycles. The lowest BCUT2D eigenvalue weighted by atomic mass is 9.97. The number of hydrogen-bond acceptors (Lipinski definition) is 3. The van der Waals surface area contributed by atoms with E-state index in [4.69, 9.17) is 4.74 Å². The fourth-order valence-corrected chi connectivity index (χ4v) is 1.84. The van der Waals surface area contributed by atoms with Crippen molar-refractivity contribution < 1.29 is 9.53 Å². The molecule has 3 nitrogen and oxygen atoms in total. The quantitative estimate of drug-likeness (QED) is 0.692. The Kier molecular flexibility index (Phi) is 2.54. The Morgan fingerprint density at radius 3 is 2.93 bits per heavy atom. The first-order valence-corrected chi connectivity index (χ1v) is 5.04. The fraction of sp³-hybridized carbons (Fsp3) is 0.333. The second-order valence-corrected chi connectivity index (χ2v) is 3.50. The summed E-state index contributed by atoms with van der Waals surface area (Å²) < 4.78 is 5.03. The van der Waals surface area contributed by atoms with Crippen LogP contribution in [0, 0.1) is 0 Å². The van der Waals surface area contributed by atoms with Crippen molar-refractivity contribution in [2.75, 3.05) is 6.61 Å². The minimum Gasteiger partial charge on any atom is -0.465 e. The molecule has 3 heteroatoms. The Morgan fingerprint density at radius 1 is 1.47 bits per heavy atom. The summed E-state index contributed by atoms with van der Waals surface area (Å²) >= 11 is 0. The molecule has 1 unspecified atom stereocenters. The molecule has 0 N–H and O–H groups in total. The molecule has 0 spiro atoms. The third-order valence-corrected chi connectivity index (χ3v) is 2.48. The molecule has 0 radical (unpaired) electrons. The largest absolute Gasteiger partial charge is 0.465 e. The SMILES string of the molecule is CCOC(=O)C1C(C)=Nc2ccccc21. The lowest BCUT2D eigenvalue weighted by Gasteiger charge is -2.10. The van der Waals surface area contributed by atoms with Crippen LogP contribution in [-0.2, 0) is 9.53 Å². The number of para-hydroxylation sites is 1. The Balaban J connectivity index is 2.35. The second-order valence-electron chi connectivity index (χ2n) is 3.50. The number of carbonyl (C=O) groups is 1. The molecule has 1 heterocycles. The van der Waals surface area contributed by atoms with Crippen LogP contribution in [-0.4, -0.2) is 18.3 Å². The van der Waals surface area contributed by atoms with Crippen molar-refractivity contribution in [3.05, 3.63) is 29.8 Å². The number of rotatable bonds is 2. The molecule has 1 aliphatic heterocycles. The van der Waals surface area contributed by atoms with Gasteiger partial charge < -0.3 is 4.74 Å². The van der Waals surface area contributed by atoms with E-state index in [1.165, 1.54) is 0 Å². The lowest BCUT2D eigenvalue weighted by Crippen LogP contribution is -2.19. The van der Waals surface area contributed by atoms with Crippen molar-refractivity contribution in [3.63, 3.8) is 0 Å². The zero-order chi connectivity index (χ0) is 10.8. The van der Waals surface area contributed by atoms with Gasteiger partial charge in [-0.15, -0.1) is 0 Å². The lowest BCUT2D eigenvalue weighted by molar-refractivity contribution is -0.143. The predicted molar refractivity (Wildman–Crippen MR) is 58.6 cm³/mol. The zero-order valence-corrected chi connectivity index (χ0v) is 8.86. The van der Waals surface area contributed by atoms with Gasteiger partial charge in [-0.2, -0.15) is 0 Å². The van der Waals surface area contributed by atoms with E-state index in [0.717, 1.165) is 17.0 Å². The van der Waals surface area contributed by atoms with Gasteiger partial charge in [0.15, 0.2) is 0 Å². The number of esters is 1. The number of ether oxygens (including phenoxy) is 1. The number of fused-ring (bicyclic) bond motifs is 1. The van der Waals surface area contributed by atoms with Gasteiger partial charge in [0.05, 0.1) is 12.3 Å². The molecule has 0 bridgehead atoms. The first-order chi connectivity index (χ1) is 7.24. The average Bonchev–Trinajstić information content (AvgIpc) is 2.54. The third-order valence-electron chi connectivity index (χ3n) is 2.48. The maximum absolute atomic E-state index is 11.7. The van der Waals surface area contributed by atoms with Gasteiger partial charge in [-0.3, -0.25) is 9.79 Å². The summed E-state index contributed by atoms with van der Waals surface area (Å²) in [6.45, 7) is 4.08. The average molecular weight is 203 g/mol. The van der Waals surface area contributed by atoms with Crippen molar-refractivity contribution in [1.29, 1.82) is 0 Å². The molecule has 0 saturated carbocycles. The summed E-state index contributed by atoms with van der Waals surface area (Å²) in [5.74, 6) is -0.509.